The Morgan fingerprint density at radius 3 is 2.77 bits per heavy atom. The molecule has 1 saturated heterocycles. The van der Waals surface area contributed by atoms with Gasteiger partial charge in [-0.1, -0.05) is 13.3 Å². The van der Waals surface area contributed by atoms with Gasteiger partial charge < -0.3 is 10.6 Å². The molecule has 2 unspecified atom stereocenters. The summed E-state index contributed by atoms with van der Waals surface area (Å²) in [6.07, 6.45) is 5.20. The highest BCUT2D eigenvalue weighted by molar-refractivity contribution is 4.71. The second-order valence-electron chi connectivity index (χ2n) is 4.67. The van der Waals surface area contributed by atoms with Crippen molar-refractivity contribution in [1.29, 1.82) is 0 Å². The van der Waals surface area contributed by atoms with Gasteiger partial charge in [0, 0.05) is 12.6 Å². The van der Waals surface area contributed by atoms with Crippen LogP contribution in [0.4, 0.5) is 0 Å². The highest BCUT2D eigenvalue weighted by atomic mass is 15.1. The van der Waals surface area contributed by atoms with Crippen molar-refractivity contribution < 1.29 is 0 Å². The molecular formula is C11H24N2. The third-order valence-electron chi connectivity index (χ3n) is 2.89. The maximum atomic E-state index is 5.70. The first-order valence-electron chi connectivity index (χ1n) is 5.66. The minimum absolute atomic E-state index is 0.387. The predicted molar refractivity (Wildman–Crippen MR) is 57.7 cm³/mol. The van der Waals surface area contributed by atoms with Crippen LogP contribution in [-0.2, 0) is 0 Å². The van der Waals surface area contributed by atoms with Crippen LogP contribution >= 0.6 is 0 Å². The van der Waals surface area contributed by atoms with Crippen molar-refractivity contribution in [3.8, 4) is 0 Å². The van der Waals surface area contributed by atoms with E-state index in [4.69, 9.17) is 5.73 Å². The van der Waals surface area contributed by atoms with Gasteiger partial charge in [0.05, 0.1) is 0 Å². The van der Waals surface area contributed by atoms with E-state index in [0.29, 0.717) is 6.04 Å². The molecule has 0 bridgehead atoms. The number of rotatable bonds is 5. The third kappa shape index (κ3) is 4.63. The molecule has 0 amide bonds. The summed E-state index contributed by atoms with van der Waals surface area (Å²) in [5, 5.41) is 0. The Kier molecular flexibility index (Phi) is 4.74. The molecule has 78 valence electrons. The molecule has 13 heavy (non-hydrogen) atoms. The number of hydrogen-bond acceptors (Lipinski definition) is 2. The second-order valence-corrected chi connectivity index (χ2v) is 4.67. The molecule has 1 fully saturated rings. The van der Waals surface area contributed by atoms with Gasteiger partial charge in [-0.25, -0.2) is 0 Å². The Balaban J connectivity index is 1.94. The quantitative estimate of drug-likeness (QED) is 0.661. The van der Waals surface area contributed by atoms with Crippen LogP contribution in [0.15, 0.2) is 0 Å². The topological polar surface area (TPSA) is 29.3 Å². The van der Waals surface area contributed by atoms with E-state index in [1.807, 2.05) is 0 Å². The van der Waals surface area contributed by atoms with Crippen molar-refractivity contribution in [1.82, 2.24) is 4.90 Å². The minimum Gasteiger partial charge on any atom is -0.328 e. The summed E-state index contributed by atoms with van der Waals surface area (Å²) in [7, 11) is 0. The predicted octanol–water partition coefficient (Wildman–Crippen LogP) is 1.85. The van der Waals surface area contributed by atoms with Gasteiger partial charge in [0.15, 0.2) is 0 Å². The molecule has 1 heterocycles. The number of nitrogens with zero attached hydrogens (tertiary/aromatic N) is 1. The normalized spacial score (nSPS) is 26.5. The summed E-state index contributed by atoms with van der Waals surface area (Å²) in [5.74, 6) is 0.924. The van der Waals surface area contributed by atoms with Crippen molar-refractivity contribution in [2.45, 2.75) is 45.6 Å². The van der Waals surface area contributed by atoms with Gasteiger partial charge in [0.1, 0.15) is 0 Å². The summed E-state index contributed by atoms with van der Waals surface area (Å²) in [6.45, 7) is 8.37. The first kappa shape index (κ1) is 11.0. The average Bonchev–Trinajstić information content (AvgIpc) is 2.45. The minimum atomic E-state index is 0.387. The lowest BCUT2D eigenvalue weighted by atomic mass is 10.1. The number of hydrogen-bond donors (Lipinski definition) is 1. The molecule has 0 aliphatic carbocycles. The largest absolute Gasteiger partial charge is 0.328 e. The van der Waals surface area contributed by atoms with Crippen molar-refractivity contribution in [2.75, 3.05) is 19.6 Å². The van der Waals surface area contributed by atoms with Gasteiger partial charge in [0.25, 0.3) is 0 Å². The van der Waals surface area contributed by atoms with E-state index in [-0.39, 0.29) is 0 Å². The van der Waals surface area contributed by atoms with Gasteiger partial charge in [-0.15, -0.1) is 0 Å². The molecule has 2 atom stereocenters. The van der Waals surface area contributed by atoms with Gasteiger partial charge in [0.2, 0.25) is 0 Å². The molecule has 1 rings (SSSR count). The van der Waals surface area contributed by atoms with Crippen LogP contribution in [0.25, 0.3) is 0 Å². The van der Waals surface area contributed by atoms with E-state index in [0.717, 1.165) is 5.92 Å². The van der Waals surface area contributed by atoms with E-state index < -0.39 is 0 Å². The molecule has 0 spiro atoms. The Labute approximate surface area is 82.5 Å². The van der Waals surface area contributed by atoms with Gasteiger partial charge in [-0.3, -0.25) is 0 Å². The second kappa shape index (κ2) is 5.61. The fraction of sp³-hybridized carbons (Fsp3) is 1.00. The van der Waals surface area contributed by atoms with Crippen LogP contribution in [0.5, 0.6) is 0 Å². The van der Waals surface area contributed by atoms with Crippen LogP contribution in [0, 0.1) is 5.92 Å². The van der Waals surface area contributed by atoms with Gasteiger partial charge in [-0.2, -0.15) is 0 Å². The maximum Gasteiger partial charge on any atom is 0.00104 e. The highest BCUT2D eigenvalue weighted by Gasteiger charge is 2.17. The Hall–Kier alpha value is -0.0800. The van der Waals surface area contributed by atoms with Crippen molar-refractivity contribution in [3.63, 3.8) is 0 Å². The molecule has 2 nitrogen and oxygen atoms in total. The lowest BCUT2D eigenvalue weighted by Gasteiger charge is -2.15. The molecular weight excluding hydrogens is 160 g/mol. The fourth-order valence-electron chi connectivity index (χ4n) is 2.03. The Morgan fingerprint density at radius 2 is 2.23 bits per heavy atom. The Morgan fingerprint density at radius 1 is 1.46 bits per heavy atom. The lowest BCUT2D eigenvalue weighted by Crippen LogP contribution is -2.22. The molecule has 0 aromatic heterocycles. The molecule has 1 aliphatic rings. The maximum absolute atomic E-state index is 5.70. The van der Waals surface area contributed by atoms with Crippen LogP contribution < -0.4 is 5.73 Å². The molecule has 2 N–H and O–H groups in total. The molecule has 0 saturated carbocycles. The van der Waals surface area contributed by atoms with Crippen LogP contribution in [0.2, 0.25) is 0 Å². The van der Waals surface area contributed by atoms with Crippen LogP contribution in [-0.4, -0.2) is 30.6 Å². The smallest absolute Gasteiger partial charge is 0.00104 e. The SMILES string of the molecule is CC(N)CCCCN1CCC(C)C1. The van der Waals surface area contributed by atoms with Crippen molar-refractivity contribution in [2.24, 2.45) is 11.7 Å². The standard InChI is InChI=1S/C11H24N2/c1-10-6-8-13(9-10)7-4-3-5-11(2)12/h10-11H,3-9,12H2,1-2H3. The molecule has 1 aliphatic heterocycles. The van der Waals surface area contributed by atoms with E-state index in [2.05, 4.69) is 18.7 Å². The first-order valence-corrected chi connectivity index (χ1v) is 5.66. The van der Waals surface area contributed by atoms with Gasteiger partial charge in [-0.05, 0) is 45.2 Å². The van der Waals surface area contributed by atoms with Crippen molar-refractivity contribution in [3.05, 3.63) is 0 Å². The number of unbranched alkanes of at least 4 members (excludes halogenated alkanes) is 1. The zero-order chi connectivity index (χ0) is 9.68. The summed E-state index contributed by atoms with van der Waals surface area (Å²) in [4.78, 5) is 2.59. The van der Waals surface area contributed by atoms with Crippen LogP contribution in [0.1, 0.15) is 39.5 Å². The monoisotopic (exact) mass is 184 g/mol. The molecule has 0 radical (unpaired) electrons. The van der Waals surface area contributed by atoms with Gasteiger partial charge >= 0.3 is 0 Å². The zero-order valence-corrected chi connectivity index (χ0v) is 9.13. The summed E-state index contributed by atoms with van der Waals surface area (Å²) >= 11 is 0. The number of likely N-dealkylation sites (tertiary alicyclic amines) is 1. The molecule has 2 heteroatoms. The summed E-state index contributed by atoms with van der Waals surface area (Å²) < 4.78 is 0. The van der Waals surface area contributed by atoms with Crippen molar-refractivity contribution >= 4 is 0 Å². The highest BCUT2D eigenvalue weighted by Crippen LogP contribution is 2.15. The molecule has 0 aromatic rings. The van der Waals surface area contributed by atoms with E-state index >= 15 is 0 Å². The summed E-state index contributed by atoms with van der Waals surface area (Å²) in [5.41, 5.74) is 5.70. The lowest BCUT2D eigenvalue weighted by molar-refractivity contribution is 0.317. The van der Waals surface area contributed by atoms with E-state index in [1.165, 1.54) is 45.3 Å². The van der Waals surface area contributed by atoms with E-state index in [1.54, 1.807) is 0 Å². The first-order chi connectivity index (χ1) is 6.18. The van der Waals surface area contributed by atoms with E-state index in [9.17, 15) is 0 Å². The summed E-state index contributed by atoms with van der Waals surface area (Å²) in [6, 6.07) is 0.387. The molecule has 0 aromatic carbocycles. The third-order valence-corrected chi connectivity index (χ3v) is 2.89. The number of nitrogens with two attached hydrogens (primary N) is 1. The van der Waals surface area contributed by atoms with Crippen LogP contribution in [0.3, 0.4) is 0 Å². The zero-order valence-electron chi connectivity index (χ0n) is 9.13. The fourth-order valence-corrected chi connectivity index (χ4v) is 2.03. The Bertz CT molecular complexity index is 134. The average molecular weight is 184 g/mol.